The Morgan fingerprint density at radius 1 is 0.943 bits per heavy atom. The molecule has 1 aliphatic carbocycles. The number of para-hydroxylation sites is 1. The van der Waals surface area contributed by atoms with Gasteiger partial charge < -0.3 is 19.7 Å². The Hall–Kier alpha value is -2.53. The zero-order chi connectivity index (χ0) is 24.5. The molecule has 0 spiro atoms. The molecule has 1 saturated carbocycles. The van der Waals surface area contributed by atoms with Crippen LogP contribution in [-0.2, 0) is 4.74 Å². The van der Waals surface area contributed by atoms with E-state index in [0.29, 0.717) is 24.0 Å². The highest BCUT2D eigenvalue weighted by Crippen LogP contribution is 2.35. The van der Waals surface area contributed by atoms with Gasteiger partial charge in [-0.2, -0.15) is 0 Å². The number of nitrogens with one attached hydrogen (secondary N) is 1. The number of methoxy groups -OCH3 is 1. The zero-order valence-electron chi connectivity index (χ0n) is 21.5. The van der Waals surface area contributed by atoms with Crippen molar-refractivity contribution in [2.75, 3.05) is 38.7 Å². The van der Waals surface area contributed by atoms with Crippen molar-refractivity contribution in [2.45, 2.75) is 64.3 Å². The van der Waals surface area contributed by atoms with Crippen LogP contribution in [0.25, 0.3) is 0 Å². The highest BCUT2D eigenvalue weighted by Gasteiger charge is 2.27. The first-order valence-corrected chi connectivity index (χ1v) is 13.5. The summed E-state index contributed by atoms with van der Waals surface area (Å²) in [7, 11) is 1.41. The average Bonchev–Trinajstić information content (AvgIpc) is 2.90. The molecule has 2 aromatic carbocycles. The Kier molecular flexibility index (Phi) is 9.47. The van der Waals surface area contributed by atoms with Crippen molar-refractivity contribution in [2.24, 2.45) is 11.8 Å². The maximum absolute atomic E-state index is 12.0. The van der Waals surface area contributed by atoms with Crippen LogP contribution in [0.3, 0.4) is 0 Å². The van der Waals surface area contributed by atoms with E-state index in [9.17, 15) is 4.79 Å². The largest absolute Gasteiger partial charge is 0.493 e. The van der Waals surface area contributed by atoms with E-state index in [2.05, 4.69) is 41.4 Å². The van der Waals surface area contributed by atoms with E-state index in [1.807, 2.05) is 18.2 Å². The summed E-state index contributed by atoms with van der Waals surface area (Å²) >= 11 is 0. The summed E-state index contributed by atoms with van der Waals surface area (Å²) < 4.78 is 10.9. The van der Waals surface area contributed by atoms with Gasteiger partial charge in [0.15, 0.2) is 0 Å². The first kappa shape index (κ1) is 25.6. The van der Waals surface area contributed by atoms with Crippen LogP contribution in [0, 0.1) is 18.8 Å². The summed E-state index contributed by atoms with van der Waals surface area (Å²) in [5.41, 5.74) is 3.06. The molecule has 1 aliphatic heterocycles. The van der Waals surface area contributed by atoms with Crippen LogP contribution in [0.5, 0.6) is 5.75 Å². The lowest BCUT2D eigenvalue weighted by molar-refractivity contribution is 0.0595. The number of ether oxygens (including phenoxy) is 2. The van der Waals surface area contributed by atoms with Gasteiger partial charge in [-0.1, -0.05) is 55.5 Å². The second-order valence-electron chi connectivity index (χ2n) is 10.3. The minimum absolute atomic E-state index is 0.339. The summed E-state index contributed by atoms with van der Waals surface area (Å²) in [4.78, 5) is 14.7. The van der Waals surface area contributed by atoms with Gasteiger partial charge in [0.25, 0.3) is 0 Å². The third kappa shape index (κ3) is 7.47. The average molecular weight is 479 g/mol. The SMILES string of the molecule is COC(=O)c1ccccc1OCCC1CCCCC1CCN1CCC(Nc2ccc(C)cc2)CC1. The van der Waals surface area contributed by atoms with Crippen LogP contribution in [0.4, 0.5) is 5.69 Å². The second kappa shape index (κ2) is 13.0. The van der Waals surface area contributed by atoms with Crippen molar-refractivity contribution in [3.63, 3.8) is 0 Å². The van der Waals surface area contributed by atoms with Crippen LogP contribution >= 0.6 is 0 Å². The lowest BCUT2D eigenvalue weighted by Gasteiger charge is -2.36. The van der Waals surface area contributed by atoms with E-state index in [-0.39, 0.29) is 5.97 Å². The standard InChI is InChI=1S/C30H42N2O3/c1-23-11-13-26(14-12-23)31-27-16-20-32(21-17-27)19-15-24-7-3-4-8-25(24)18-22-35-29-10-6-5-9-28(29)30(33)34-2/h5-6,9-14,24-25,27,31H,3-4,7-8,15-22H2,1-2H3. The second-order valence-corrected chi connectivity index (χ2v) is 10.3. The van der Waals surface area contributed by atoms with Crippen LogP contribution in [0.2, 0.25) is 0 Å². The normalized spacial score (nSPS) is 21.4. The third-order valence-corrected chi connectivity index (χ3v) is 7.93. The van der Waals surface area contributed by atoms with Gasteiger partial charge in [0.05, 0.1) is 13.7 Å². The number of nitrogens with zero attached hydrogens (tertiary/aromatic N) is 1. The number of hydrogen-bond donors (Lipinski definition) is 1. The number of benzene rings is 2. The number of hydrogen-bond acceptors (Lipinski definition) is 5. The van der Waals surface area contributed by atoms with Crippen molar-refractivity contribution in [3.8, 4) is 5.75 Å². The molecule has 35 heavy (non-hydrogen) atoms. The van der Waals surface area contributed by atoms with Gasteiger partial charge in [0.1, 0.15) is 11.3 Å². The molecule has 1 saturated heterocycles. The Labute approximate surface area is 211 Å². The fourth-order valence-corrected chi connectivity index (χ4v) is 5.77. The van der Waals surface area contributed by atoms with Crippen molar-refractivity contribution < 1.29 is 14.3 Å². The Morgan fingerprint density at radius 3 is 2.34 bits per heavy atom. The molecule has 4 rings (SSSR count). The first-order valence-electron chi connectivity index (χ1n) is 13.5. The number of anilines is 1. The van der Waals surface area contributed by atoms with Gasteiger partial charge in [-0.05, 0) is 75.3 Å². The summed E-state index contributed by atoms with van der Waals surface area (Å²) in [6.45, 7) is 6.38. The molecule has 0 radical (unpaired) electrons. The van der Waals surface area contributed by atoms with Gasteiger partial charge in [0, 0.05) is 24.8 Å². The molecule has 0 bridgehead atoms. The molecule has 2 aromatic rings. The van der Waals surface area contributed by atoms with Gasteiger partial charge in [-0.3, -0.25) is 0 Å². The lowest BCUT2D eigenvalue weighted by atomic mass is 9.76. The molecule has 2 fully saturated rings. The maximum Gasteiger partial charge on any atom is 0.341 e. The molecule has 0 aromatic heterocycles. The molecule has 5 nitrogen and oxygen atoms in total. The number of rotatable bonds is 10. The number of carbonyl (C=O) groups excluding carboxylic acids is 1. The third-order valence-electron chi connectivity index (χ3n) is 7.93. The van der Waals surface area contributed by atoms with Crippen LogP contribution < -0.4 is 10.1 Å². The monoisotopic (exact) mass is 478 g/mol. The quantitative estimate of drug-likeness (QED) is 0.405. The Bertz CT molecular complexity index is 921. The Balaban J connectivity index is 1.19. The Morgan fingerprint density at radius 2 is 1.63 bits per heavy atom. The predicted molar refractivity (Wildman–Crippen MR) is 142 cm³/mol. The summed E-state index contributed by atoms with van der Waals surface area (Å²) in [6, 6.07) is 16.7. The highest BCUT2D eigenvalue weighted by atomic mass is 16.5. The fourth-order valence-electron chi connectivity index (χ4n) is 5.77. The number of aryl methyl sites for hydroxylation is 1. The summed E-state index contributed by atoms with van der Waals surface area (Å²) in [6.07, 6.45) is 10.1. The predicted octanol–water partition coefficient (Wildman–Crippen LogP) is 6.32. The van der Waals surface area contributed by atoms with Gasteiger partial charge in [-0.25, -0.2) is 4.79 Å². The first-order chi connectivity index (χ1) is 17.1. The molecule has 2 unspecified atom stereocenters. The molecule has 1 N–H and O–H groups in total. The molecule has 2 aliphatic rings. The van der Waals surface area contributed by atoms with Crippen LogP contribution in [0.15, 0.2) is 48.5 Å². The van der Waals surface area contributed by atoms with E-state index in [1.165, 1.54) is 82.9 Å². The van der Waals surface area contributed by atoms with Crippen LogP contribution in [0.1, 0.15) is 67.3 Å². The van der Waals surface area contributed by atoms with Crippen molar-refractivity contribution in [1.82, 2.24) is 4.90 Å². The van der Waals surface area contributed by atoms with Crippen molar-refractivity contribution >= 4 is 11.7 Å². The molecule has 2 atom stereocenters. The zero-order valence-corrected chi connectivity index (χ0v) is 21.5. The number of piperidine rings is 1. The summed E-state index contributed by atoms with van der Waals surface area (Å²) in [5, 5.41) is 3.72. The summed E-state index contributed by atoms with van der Waals surface area (Å²) in [5.74, 6) is 1.80. The maximum atomic E-state index is 12.0. The van der Waals surface area contributed by atoms with E-state index in [0.717, 1.165) is 18.3 Å². The smallest absolute Gasteiger partial charge is 0.341 e. The van der Waals surface area contributed by atoms with E-state index in [1.54, 1.807) is 6.07 Å². The van der Waals surface area contributed by atoms with E-state index < -0.39 is 0 Å². The molecular weight excluding hydrogens is 436 g/mol. The van der Waals surface area contributed by atoms with Crippen molar-refractivity contribution in [1.29, 1.82) is 0 Å². The minimum Gasteiger partial charge on any atom is -0.493 e. The highest BCUT2D eigenvalue weighted by molar-refractivity contribution is 5.92. The lowest BCUT2D eigenvalue weighted by Crippen LogP contribution is -2.40. The van der Waals surface area contributed by atoms with Gasteiger partial charge in [0.2, 0.25) is 0 Å². The molecule has 1 heterocycles. The molecule has 5 heteroatoms. The van der Waals surface area contributed by atoms with Crippen LogP contribution in [-0.4, -0.2) is 50.3 Å². The number of carbonyl (C=O) groups is 1. The number of esters is 1. The van der Waals surface area contributed by atoms with Crippen molar-refractivity contribution in [3.05, 3.63) is 59.7 Å². The molecule has 0 amide bonds. The minimum atomic E-state index is -0.339. The fraction of sp³-hybridized carbons (Fsp3) is 0.567. The van der Waals surface area contributed by atoms with Gasteiger partial charge in [-0.15, -0.1) is 0 Å². The number of likely N-dealkylation sites (tertiary alicyclic amines) is 1. The molecule has 190 valence electrons. The molecular formula is C30H42N2O3. The topological polar surface area (TPSA) is 50.8 Å². The van der Waals surface area contributed by atoms with Gasteiger partial charge >= 0.3 is 5.97 Å². The van der Waals surface area contributed by atoms with E-state index >= 15 is 0 Å². The van der Waals surface area contributed by atoms with E-state index in [4.69, 9.17) is 9.47 Å².